The summed E-state index contributed by atoms with van der Waals surface area (Å²) in [4.78, 5) is 26.9. The molecule has 0 unspecified atom stereocenters. The van der Waals surface area contributed by atoms with Crippen LogP contribution in [0.25, 0.3) is 0 Å². The van der Waals surface area contributed by atoms with Crippen LogP contribution in [0.15, 0.2) is 0 Å². The van der Waals surface area contributed by atoms with Crippen LogP contribution < -0.4 is 5.32 Å². The Morgan fingerprint density at radius 1 is 1.47 bits per heavy atom. The zero-order chi connectivity index (χ0) is 13.7. The molecular formula is C12H18N4O3. The molecule has 1 amide bonds. The topological polar surface area (TPSA) is 97.0 Å². The van der Waals surface area contributed by atoms with E-state index in [2.05, 4.69) is 20.5 Å². The van der Waals surface area contributed by atoms with Crippen molar-refractivity contribution in [3.8, 4) is 0 Å². The van der Waals surface area contributed by atoms with Gasteiger partial charge in [-0.2, -0.15) is 0 Å². The van der Waals surface area contributed by atoms with Gasteiger partial charge in [0.05, 0.1) is 6.61 Å². The number of nitrogens with one attached hydrogen (secondary N) is 2. The number of rotatable bonds is 7. The highest BCUT2D eigenvalue weighted by atomic mass is 16.5. The number of amides is 1. The summed E-state index contributed by atoms with van der Waals surface area (Å²) in [5.74, 6) is 0.838. The lowest BCUT2D eigenvalue weighted by Gasteiger charge is -2.02. The van der Waals surface area contributed by atoms with Gasteiger partial charge in [-0.15, -0.1) is 5.10 Å². The molecule has 1 aromatic heterocycles. The van der Waals surface area contributed by atoms with Crippen molar-refractivity contribution in [1.29, 1.82) is 0 Å². The van der Waals surface area contributed by atoms with Crippen molar-refractivity contribution < 1.29 is 14.3 Å². The largest absolute Gasteiger partial charge is 0.466 e. The predicted molar refractivity (Wildman–Crippen MR) is 66.6 cm³/mol. The average Bonchev–Trinajstić information content (AvgIpc) is 3.12. The highest BCUT2D eigenvalue weighted by Crippen LogP contribution is 2.37. The maximum Gasteiger partial charge on any atom is 0.305 e. The van der Waals surface area contributed by atoms with E-state index in [1.165, 1.54) is 0 Å². The Labute approximate surface area is 111 Å². The lowest BCUT2D eigenvalue weighted by molar-refractivity contribution is -0.143. The summed E-state index contributed by atoms with van der Waals surface area (Å²) in [5, 5.41) is 9.34. The number of carbonyl (C=O) groups is 2. The molecule has 0 bridgehead atoms. The van der Waals surface area contributed by atoms with Gasteiger partial charge in [0.2, 0.25) is 5.82 Å². The lowest BCUT2D eigenvalue weighted by atomic mass is 10.3. The van der Waals surface area contributed by atoms with Crippen molar-refractivity contribution in [1.82, 2.24) is 20.5 Å². The second kappa shape index (κ2) is 6.31. The van der Waals surface area contributed by atoms with Gasteiger partial charge in [-0.3, -0.25) is 14.7 Å². The molecule has 0 saturated heterocycles. The van der Waals surface area contributed by atoms with E-state index in [0.717, 1.165) is 18.7 Å². The van der Waals surface area contributed by atoms with Crippen LogP contribution in [0.5, 0.6) is 0 Å². The fraction of sp³-hybridized carbons (Fsp3) is 0.667. The molecule has 1 saturated carbocycles. The number of aromatic nitrogens is 3. The molecule has 1 aliphatic rings. The fourth-order valence-electron chi connectivity index (χ4n) is 1.66. The first-order chi connectivity index (χ1) is 9.20. The first kappa shape index (κ1) is 13.5. The normalized spacial score (nSPS) is 14.2. The van der Waals surface area contributed by atoms with Gasteiger partial charge in [0, 0.05) is 18.9 Å². The summed E-state index contributed by atoms with van der Waals surface area (Å²) >= 11 is 0. The molecule has 2 N–H and O–H groups in total. The van der Waals surface area contributed by atoms with E-state index in [1.54, 1.807) is 6.92 Å². The third-order valence-corrected chi connectivity index (χ3v) is 2.82. The first-order valence-electron chi connectivity index (χ1n) is 6.56. The zero-order valence-corrected chi connectivity index (χ0v) is 10.9. The zero-order valence-electron chi connectivity index (χ0n) is 10.9. The Hall–Kier alpha value is -1.92. The van der Waals surface area contributed by atoms with Crippen LogP contribution in [0.3, 0.4) is 0 Å². The number of hydrogen-bond acceptors (Lipinski definition) is 5. The molecule has 7 nitrogen and oxygen atoms in total. The molecule has 1 aliphatic carbocycles. The highest BCUT2D eigenvalue weighted by molar-refractivity contribution is 5.90. The molecule has 0 radical (unpaired) electrons. The van der Waals surface area contributed by atoms with E-state index in [1.807, 2.05) is 0 Å². The van der Waals surface area contributed by atoms with Crippen molar-refractivity contribution in [2.45, 2.75) is 38.5 Å². The maximum absolute atomic E-state index is 11.7. The van der Waals surface area contributed by atoms with Crippen LogP contribution in [-0.4, -0.2) is 40.2 Å². The van der Waals surface area contributed by atoms with Gasteiger partial charge >= 0.3 is 5.97 Å². The van der Waals surface area contributed by atoms with Crippen LogP contribution in [0.2, 0.25) is 0 Å². The van der Waals surface area contributed by atoms with Crippen LogP contribution in [0.1, 0.15) is 55.0 Å². The van der Waals surface area contributed by atoms with Crippen molar-refractivity contribution in [2.75, 3.05) is 13.2 Å². The number of H-pyrrole nitrogens is 1. The van der Waals surface area contributed by atoms with E-state index >= 15 is 0 Å². The molecule has 1 aromatic rings. The van der Waals surface area contributed by atoms with Crippen molar-refractivity contribution >= 4 is 11.9 Å². The smallest absolute Gasteiger partial charge is 0.305 e. The van der Waals surface area contributed by atoms with Gasteiger partial charge in [0.25, 0.3) is 5.91 Å². The molecule has 0 aromatic carbocycles. The number of nitrogens with zero attached hydrogens (tertiary/aromatic N) is 2. The second-order valence-electron chi connectivity index (χ2n) is 4.48. The van der Waals surface area contributed by atoms with Gasteiger partial charge in [0.1, 0.15) is 5.82 Å². The third-order valence-electron chi connectivity index (χ3n) is 2.82. The van der Waals surface area contributed by atoms with Crippen molar-refractivity contribution in [3.63, 3.8) is 0 Å². The summed E-state index contributed by atoms with van der Waals surface area (Å²) in [7, 11) is 0. The molecule has 1 heterocycles. The molecule has 0 aliphatic heterocycles. The van der Waals surface area contributed by atoms with Crippen LogP contribution in [-0.2, 0) is 9.53 Å². The Bertz CT molecular complexity index is 454. The first-order valence-corrected chi connectivity index (χ1v) is 6.56. The fourth-order valence-corrected chi connectivity index (χ4v) is 1.66. The van der Waals surface area contributed by atoms with Crippen LogP contribution in [0.4, 0.5) is 0 Å². The van der Waals surface area contributed by atoms with E-state index in [-0.39, 0.29) is 17.7 Å². The molecule has 19 heavy (non-hydrogen) atoms. The summed E-state index contributed by atoms with van der Waals surface area (Å²) in [5.41, 5.74) is 0. The van der Waals surface area contributed by atoms with Gasteiger partial charge in [-0.05, 0) is 26.2 Å². The molecule has 104 valence electrons. The SMILES string of the molecule is CCOC(=O)CCCNC(=O)c1n[nH]c(C2CC2)n1. The summed E-state index contributed by atoms with van der Waals surface area (Å²) in [6.07, 6.45) is 3.06. The lowest BCUT2D eigenvalue weighted by Crippen LogP contribution is -2.26. The molecular weight excluding hydrogens is 248 g/mol. The minimum absolute atomic E-state index is 0.165. The van der Waals surface area contributed by atoms with Crippen molar-refractivity contribution in [2.24, 2.45) is 0 Å². The number of esters is 1. The Balaban J connectivity index is 1.67. The van der Waals surface area contributed by atoms with Gasteiger partial charge in [0.15, 0.2) is 0 Å². The molecule has 1 fully saturated rings. The van der Waals surface area contributed by atoms with Crippen LogP contribution >= 0.6 is 0 Å². The Morgan fingerprint density at radius 3 is 2.95 bits per heavy atom. The molecule has 7 heteroatoms. The minimum atomic E-state index is -0.313. The average molecular weight is 266 g/mol. The van der Waals surface area contributed by atoms with Gasteiger partial charge < -0.3 is 10.1 Å². The van der Waals surface area contributed by atoms with E-state index < -0.39 is 0 Å². The summed E-state index contributed by atoms with van der Waals surface area (Å²) < 4.78 is 4.79. The van der Waals surface area contributed by atoms with E-state index in [4.69, 9.17) is 4.74 Å². The minimum Gasteiger partial charge on any atom is -0.466 e. The van der Waals surface area contributed by atoms with Crippen molar-refractivity contribution in [3.05, 3.63) is 11.6 Å². The standard InChI is InChI=1S/C12H18N4O3/c1-2-19-9(17)4-3-7-13-12(18)11-14-10(15-16-11)8-5-6-8/h8H,2-7H2,1H3,(H,13,18)(H,14,15,16). The monoisotopic (exact) mass is 266 g/mol. The predicted octanol–water partition coefficient (Wildman–Crippen LogP) is 0.755. The molecule has 0 atom stereocenters. The van der Waals surface area contributed by atoms with E-state index in [0.29, 0.717) is 31.9 Å². The van der Waals surface area contributed by atoms with Gasteiger partial charge in [-0.25, -0.2) is 4.98 Å². The Kier molecular flexibility index (Phi) is 4.48. The highest BCUT2D eigenvalue weighted by Gasteiger charge is 2.28. The third kappa shape index (κ3) is 4.04. The number of aromatic amines is 1. The summed E-state index contributed by atoms with van der Waals surface area (Å²) in [6, 6.07) is 0. The second-order valence-corrected chi connectivity index (χ2v) is 4.48. The van der Waals surface area contributed by atoms with Crippen LogP contribution in [0, 0.1) is 0 Å². The quantitative estimate of drug-likeness (QED) is 0.561. The number of hydrogen-bond donors (Lipinski definition) is 2. The number of carbonyl (C=O) groups excluding carboxylic acids is 2. The summed E-state index contributed by atoms with van der Waals surface area (Å²) in [6.45, 7) is 2.55. The van der Waals surface area contributed by atoms with E-state index in [9.17, 15) is 9.59 Å². The number of ether oxygens (including phenoxy) is 1. The Morgan fingerprint density at radius 2 is 2.26 bits per heavy atom. The molecule has 2 rings (SSSR count). The van der Waals surface area contributed by atoms with Gasteiger partial charge in [-0.1, -0.05) is 0 Å². The molecule has 0 spiro atoms. The maximum atomic E-state index is 11.7.